The second kappa shape index (κ2) is 7.36. The summed E-state index contributed by atoms with van der Waals surface area (Å²) in [5, 5.41) is 3.71. The van der Waals surface area contributed by atoms with E-state index >= 15 is 0 Å². The van der Waals surface area contributed by atoms with Gasteiger partial charge >= 0.3 is 0 Å². The summed E-state index contributed by atoms with van der Waals surface area (Å²) < 4.78 is 5.55. The largest absolute Gasteiger partial charge is 0.375 e. The predicted octanol–water partition coefficient (Wildman–Crippen LogP) is 3.50. The molecule has 1 N–H and O–H groups in total. The minimum atomic E-state index is -0.460. The Bertz CT molecular complexity index is 583. The van der Waals surface area contributed by atoms with Gasteiger partial charge in [0.2, 0.25) is 0 Å². The number of halogens is 1. The Labute approximate surface area is 129 Å². The summed E-state index contributed by atoms with van der Waals surface area (Å²) in [5.74, 6) is -0.0000926. The van der Waals surface area contributed by atoms with Crippen molar-refractivity contribution in [1.29, 1.82) is 0 Å². The number of carbonyl (C=O) groups excluding carboxylic acids is 1. The van der Waals surface area contributed by atoms with Gasteiger partial charge in [-0.3, -0.25) is 4.79 Å². The summed E-state index contributed by atoms with van der Waals surface area (Å²) in [4.78, 5) is 12.6. The van der Waals surface area contributed by atoms with Crippen molar-refractivity contribution in [2.24, 2.45) is 0 Å². The van der Waals surface area contributed by atoms with Gasteiger partial charge in [0.1, 0.15) is 12.1 Å². The van der Waals surface area contributed by atoms with Crippen molar-refractivity contribution in [3.05, 3.63) is 70.7 Å². The van der Waals surface area contributed by atoms with E-state index in [1.165, 1.54) is 0 Å². The lowest BCUT2D eigenvalue weighted by Crippen LogP contribution is -2.40. The zero-order chi connectivity index (χ0) is 15.2. The lowest BCUT2D eigenvalue weighted by atomic mass is 9.95. The number of methoxy groups -OCH3 is 1. The molecule has 4 heteroatoms. The maximum Gasteiger partial charge on any atom is 0.182 e. The van der Waals surface area contributed by atoms with Crippen LogP contribution in [0.1, 0.15) is 22.0 Å². The van der Waals surface area contributed by atoms with Crippen LogP contribution < -0.4 is 5.32 Å². The monoisotopic (exact) mass is 303 g/mol. The minimum Gasteiger partial charge on any atom is -0.375 e. The first-order valence-electron chi connectivity index (χ1n) is 6.72. The average Bonchev–Trinajstić information content (AvgIpc) is 2.54. The van der Waals surface area contributed by atoms with Crippen LogP contribution in [0.2, 0.25) is 5.02 Å². The Kier molecular flexibility index (Phi) is 5.51. The van der Waals surface area contributed by atoms with Gasteiger partial charge in [0, 0.05) is 17.7 Å². The number of Topliss-reactive ketones (excluding diaryl/α,β-unsaturated/α-hetero) is 1. The molecule has 2 atom stereocenters. The number of hydrogen-bond donors (Lipinski definition) is 1. The van der Waals surface area contributed by atoms with Crippen molar-refractivity contribution >= 4 is 17.4 Å². The quantitative estimate of drug-likeness (QED) is 0.830. The predicted molar refractivity (Wildman–Crippen MR) is 84.8 cm³/mol. The van der Waals surface area contributed by atoms with Gasteiger partial charge in [0.15, 0.2) is 5.78 Å². The Balaban J connectivity index is 2.29. The van der Waals surface area contributed by atoms with E-state index in [2.05, 4.69) is 5.32 Å². The SMILES string of the molecule is CN[C@@H](C(=O)c1ccccc1)[C@@H](OC)c1ccc(Cl)cc1. The number of ether oxygens (including phenoxy) is 1. The van der Waals surface area contributed by atoms with E-state index in [-0.39, 0.29) is 11.9 Å². The summed E-state index contributed by atoms with van der Waals surface area (Å²) in [6, 6.07) is 16.1. The normalized spacial score (nSPS) is 13.7. The van der Waals surface area contributed by atoms with E-state index in [1.807, 2.05) is 30.3 Å². The van der Waals surface area contributed by atoms with Gasteiger partial charge in [0.25, 0.3) is 0 Å². The molecule has 0 amide bonds. The van der Waals surface area contributed by atoms with Crippen molar-refractivity contribution in [2.75, 3.05) is 14.2 Å². The number of hydrogen-bond acceptors (Lipinski definition) is 3. The molecule has 0 heterocycles. The van der Waals surface area contributed by atoms with Gasteiger partial charge in [0.05, 0.1) is 0 Å². The second-order valence-electron chi connectivity index (χ2n) is 4.70. The molecule has 110 valence electrons. The number of likely N-dealkylation sites (N-methyl/N-ethyl adjacent to an activating group) is 1. The van der Waals surface area contributed by atoms with Crippen molar-refractivity contribution in [3.63, 3.8) is 0 Å². The molecule has 0 radical (unpaired) electrons. The lowest BCUT2D eigenvalue weighted by Gasteiger charge is -2.25. The number of benzene rings is 2. The first-order chi connectivity index (χ1) is 10.2. The van der Waals surface area contributed by atoms with Crippen LogP contribution in [0.3, 0.4) is 0 Å². The fourth-order valence-corrected chi connectivity index (χ4v) is 2.44. The van der Waals surface area contributed by atoms with E-state index in [9.17, 15) is 4.79 Å². The van der Waals surface area contributed by atoms with E-state index in [0.29, 0.717) is 10.6 Å². The number of nitrogens with one attached hydrogen (secondary N) is 1. The third kappa shape index (κ3) is 3.70. The number of ketones is 1. The highest BCUT2D eigenvalue weighted by Gasteiger charge is 2.28. The van der Waals surface area contributed by atoms with Crippen LogP contribution >= 0.6 is 11.6 Å². The Morgan fingerprint density at radius 3 is 2.24 bits per heavy atom. The molecule has 0 unspecified atom stereocenters. The first kappa shape index (κ1) is 15.7. The topological polar surface area (TPSA) is 38.3 Å². The molecule has 0 saturated carbocycles. The molecular formula is C17H18ClNO2. The average molecular weight is 304 g/mol. The molecule has 2 aromatic rings. The molecule has 21 heavy (non-hydrogen) atoms. The summed E-state index contributed by atoms with van der Waals surface area (Å²) in [6.07, 6.45) is -0.375. The third-order valence-corrected chi connectivity index (χ3v) is 3.66. The smallest absolute Gasteiger partial charge is 0.182 e. The Morgan fingerprint density at radius 1 is 1.10 bits per heavy atom. The molecule has 0 saturated heterocycles. The van der Waals surface area contributed by atoms with Gasteiger partial charge in [-0.2, -0.15) is 0 Å². The van der Waals surface area contributed by atoms with E-state index < -0.39 is 6.04 Å². The zero-order valence-corrected chi connectivity index (χ0v) is 12.8. The highest BCUT2D eigenvalue weighted by molar-refractivity contribution is 6.30. The highest BCUT2D eigenvalue weighted by Crippen LogP contribution is 2.24. The first-order valence-corrected chi connectivity index (χ1v) is 7.10. The minimum absolute atomic E-state index is 0.0000926. The van der Waals surface area contributed by atoms with E-state index in [0.717, 1.165) is 5.56 Å². The fraction of sp³-hybridized carbons (Fsp3) is 0.235. The number of carbonyl (C=O) groups is 1. The zero-order valence-electron chi connectivity index (χ0n) is 12.0. The molecule has 2 aromatic carbocycles. The fourth-order valence-electron chi connectivity index (χ4n) is 2.32. The van der Waals surface area contributed by atoms with Crippen LogP contribution in [-0.2, 0) is 4.74 Å². The van der Waals surface area contributed by atoms with Gasteiger partial charge in [-0.1, -0.05) is 54.1 Å². The Hall–Kier alpha value is -1.68. The van der Waals surface area contributed by atoms with E-state index in [4.69, 9.17) is 16.3 Å². The van der Waals surface area contributed by atoms with Crippen molar-refractivity contribution in [2.45, 2.75) is 12.1 Å². The van der Waals surface area contributed by atoms with Gasteiger partial charge in [-0.15, -0.1) is 0 Å². The molecule has 0 aliphatic carbocycles. The summed E-state index contributed by atoms with van der Waals surface area (Å²) in [5.41, 5.74) is 1.57. The van der Waals surface area contributed by atoms with Crippen molar-refractivity contribution in [3.8, 4) is 0 Å². The van der Waals surface area contributed by atoms with Crippen molar-refractivity contribution < 1.29 is 9.53 Å². The molecule has 3 nitrogen and oxygen atoms in total. The van der Waals surface area contributed by atoms with Crippen LogP contribution in [0.4, 0.5) is 0 Å². The second-order valence-corrected chi connectivity index (χ2v) is 5.14. The summed E-state index contributed by atoms with van der Waals surface area (Å²) in [7, 11) is 3.36. The molecule has 0 aromatic heterocycles. The lowest BCUT2D eigenvalue weighted by molar-refractivity contribution is 0.0565. The summed E-state index contributed by atoms with van der Waals surface area (Å²) in [6.45, 7) is 0. The van der Waals surface area contributed by atoms with Gasteiger partial charge in [-0.25, -0.2) is 0 Å². The van der Waals surface area contributed by atoms with Crippen LogP contribution in [0.25, 0.3) is 0 Å². The molecule has 0 aliphatic rings. The van der Waals surface area contributed by atoms with Crippen LogP contribution in [-0.4, -0.2) is 26.0 Å². The molecule has 0 spiro atoms. The van der Waals surface area contributed by atoms with Crippen LogP contribution in [0, 0.1) is 0 Å². The molecule has 0 bridgehead atoms. The van der Waals surface area contributed by atoms with E-state index in [1.54, 1.807) is 38.4 Å². The van der Waals surface area contributed by atoms with Crippen LogP contribution in [0.15, 0.2) is 54.6 Å². The van der Waals surface area contributed by atoms with Gasteiger partial charge in [-0.05, 0) is 24.7 Å². The maximum atomic E-state index is 12.6. The number of rotatable bonds is 6. The maximum absolute atomic E-state index is 12.6. The van der Waals surface area contributed by atoms with Crippen molar-refractivity contribution in [1.82, 2.24) is 5.32 Å². The molecule has 2 rings (SSSR count). The highest BCUT2D eigenvalue weighted by atomic mass is 35.5. The summed E-state index contributed by atoms with van der Waals surface area (Å²) >= 11 is 5.91. The molecular weight excluding hydrogens is 286 g/mol. The molecule has 0 aliphatic heterocycles. The Morgan fingerprint density at radius 2 is 1.71 bits per heavy atom. The van der Waals surface area contributed by atoms with Crippen LogP contribution in [0.5, 0.6) is 0 Å². The standard InChI is InChI=1S/C17H18ClNO2/c1-19-15(16(20)12-6-4-3-5-7-12)17(21-2)13-8-10-14(18)11-9-13/h3-11,15,17,19H,1-2H3/t15-,17-/m0/s1. The third-order valence-electron chi connectivity index (χ3n) is 3.41. The van der Waals surface area contributed by atoms with Gasteiger partial charge < -0.3 is 10.1 Å². The molecule has 0 fully saturated rings.